The predicted molar refractivity (Wildman–Crippen MR) is 137 cm³/mol. The van der Waals surface area contributed by atoms with E-state index in [4.69, 9.17) is 0 Å². The Balaban J connectivity index is 1.53. The molecule has 0 saturated carbocycles. The van der Waals surface area contributed by atoms with Gasteiger partial charge in [-0.1, -0.05) is 54.6 Å². The third-order valence-electron chi connectivity index (χ3n) is 5.60. The van der Waals surface area contributed by atoms with Gasteiger partial charge in [-0.15, -0.1) is 0 Å². The van der Waals surface area contributed by atoms with Crippen LogP contribution in [0.5, 0.6) is 0 Å². The van der Waals surface area contributed by atoms with Crippen molar-refractivity contribution in [2.24, 2.45) is 5.10 Å². The average molecular weight is 475 g/mol. The van der Waals surface area contributed by atoms with Crippen LogP contribution >= 0.6 is 0 Å². The summed E-state index contributed by atoms with van der Waals surface area (Å²) in [5, 5.41) is 5.72. The van der Waals surface area contributed by atoms with Crippen LogP contribution in [0.1, 0.15) is 17.0 Å². The van der Waals surface area contributed by atoms with Crippen molar-refractivity contribution >= 4 is 38.6 Å². The minimum absolute atomic E-state index is 0.382. The molecule has 0 atom stereocenters. The number of nitrogens with one attached hydrogen (secondary N) is 1. The van der Waals surface area contributed by atoms with Crippen molar-refractivity contribution in [1.82, 2.24) is 9.99 Å². The number of sulfonamides is 1. The first-order valence-electron chi connectivity index (χ1n) is 10.8. The Morgan fingerprint density at radius 3 is 2.41 bits per heavy atom. The SMILES string of the molecule is Cc1cc(/C=N\NC(=O)CN(c2cccc3ccccc23)S(C)(=O)=O)c(C)n1-c1ccccc1. The summed E-state index contributed by atoms with van der Waals surface area (Å²) in [6.07, 6.45) is 2.66. The topological polar surface area (TPSA) is 83.8 Å². The molecule has 0 aliphatic rings. The van der Waals surface area contributed by atoms with E-state index >= 15 is 0 Å². The zero-order valence-electron chi connectivity index (χ0n) is 19.3. The molecule has 0 unspecified atom stereocenters. The van der Waals surface area contributed by atoms with Gasteiger partial charge in [0.15, 0.2) is 0 Å². The minimum Gasteiger partial charge on any atom is -0.318 e. The molecule has 34 heavy (non-hydrogen) atoms. The van der Waals surface area contributed by atoms with Crippen LogP contribution in [0.25, 0.3) is 16.5 Å². The Labute approximate surface area is 199 Å². The molecule has 7 nitrogen and oxygen atoms in total. The average Bonchev–Trinajstić information content (AvgIpc) is 3.10. The van der Waals surface area contributed by atoms with Crippen LogP contribution < -0.4 is 9.73 Å². The maximum atomic E-state index is 12.6. The maximum Gasteiger partial charge on any atom is 0.260 e. The molecule has 4 rings (SSSR count). The van der Waals surface area contributed by atoms with Crippen LogP contribution in [0.3, 0.4) is 0 Å². The van der Waals surface area contributed by atoms with Crippen molar-refractivity contribution in [1.29, 1.82) is 0 Å². The second kappa shape index (κ2) is 9.52. The smallest absolute Gasteiger partial charge is 0.260 e. The summed E-state index contributed by atoms with van der Waals surface area (Å²) >= 11 is 0. The number of hydrogen-bond donors (Lipinski definition) is 1. The lowest BCUT2D eigenvalue weighted by molar-refractivity contribution is -0.119. The van der Waals surface area contributed by atoms with Gasteiger partial charge in [-0.25, -0.2) is 13.8 Å². The molecule has 8 heteroatoms. The van der Waals surface area contributed by atoms with E-state index in [0.717, 1.165) is 44.0 Å². The van der Waals surface area contributed by atoms with Crippen LogP contribution in [0, 0.1) is 13.8 Å². The summed E-state index contributed by atoms with van der Waals surface area (Å²) in [5.41, 5.74) is 6.83. The number of nitrogens with zero attached hydrogens (tertiary/aromatic N) is 3. The van der Waals surface area contributed by atoms with E-state index in [9.17, 15) is 13.2 Å². The largest absolute Gasteiger partial charge is 0.318 e. The van der Waals surface area contributed by atoms with Gasteiger partial charge in [0, 0.05) is 28.0 Å². The fourth-order valence-corrected chi connectivity index (χ4v) is 4.91. The Morgan fingerprint density at radius 2 is 1.68 bits per heavy atom. The first-order chi connectivity index (χ1) is 16.3. The zero-order chi connectivity index (χ0) is 24.3. The van der Waals surface area contributed by atoms with Gasteiger partial charge < -0.3 is 4.57 Å². The molecule has 3 aromatic carbocycles. The van der Waals surface area contributed by atoms with Crippen molar-refractivity contribution < 1.29 is 13.2 Å². The highest BCUT2D eigenvalue weighted by atomic mass is 32.2. The molecule has 174 valence electrons. The summed E-state index contributed by atoms with van der Waals surface area (Å²) in [5.74, 6) is -0.536. The molecule has 0 spiro atoms. The number of hydrazone groups is 1. The van der Waals surface area contributed by atoms with E-state index in [1.807, 2.05) is 80.6 Å². The number of hydrogen-bond acceptors (Lipinski definition) is 4. The third-order valence-corrected chi connectivity index (χ3v) is 6.73. The molecular weight excluding hydrogens is 448 g/mol. The van der Waals surface area contributed by atoms with Crippen LogP contribution in [0.2, 0.25) is 0 Å². The van der Waals surface area contributed by atoms with Crippen molar-refractivity contribution in [3.63, 3.8) is 0 Å². The van der Waals surface area contributed by atoms with Gasteiger partial charge in [0.2, 0.25) is 10.0 Å². The van der Waals surface area contributed by atoms with Crippen molar-refractivity contribution in [2.75, 3.05) is 17.1 Å². The highest BCUT2D eigenvalue weighted by molar-refractivity contribution is 7.92. The quantitative estimate of drug-likeness (QED) is 0.322. The van der Waals surface area contributed by atoms with Crippen LogP contribution in [0.15, 0.2) is 84.0 Å². The summed E-state index contributed by atoms with van der Waals surface area (Å²) in [6.45, 7) is 3.60. The Kier molecular flexibility index (Phi) is 6.51. The highest BCUT2D eigenvalue weighted by Crippen LogP contribution is 2.28. The van der Waals surface area contributed by atoms with E-state index < -0.39 is 15.9 Å². The predicted octanol–water partition coefficient (Wildman–Crippen LogP) is 4.16. The number of para-hydroxylation sites is 1. The third kappa shape index (κ3) is 4.87. The first-order valence-corrected chi connectivity index (χ1v) is 12.6. The number of aromatic nitrogens is 1. The summed E-state index contributed by atoms with van der Waals surface area (Å²) in [4.78, 5) is 12.6. The van der Waals surface area contributed by atoms with E-state index in [-0.39, 0.29) is 6.54 Å². The van der Waals surface area contributed by atoms with Crippen LogP contribution in [-0.4, -0.2) is 37.9 Å². The normalized spacial score (nSPS) is 11.7. The van der Waals surface area contributed by atoms with Crippen molar-refractivity contribution in [2.45, 2.75) is 13.8 Å². The number of aryl methyl sites for hydroxylation is 1. The van der Waals surface area contributed by atoms with Crippen LogP contribution in [-0.2, 0) is 14.8 Å². The van der Waals surface area contributed by atoms with Crippen LogP contribution in [0.4, 0.5) is 5.69 Å². The molecular formula is C26H26N4O3S. The van der Waals surface area contributed by atoms with E-state index in [2.05, 4.69) is 15.1 Å². The fraction of sp³-hybridized carbons (Fsp3) is 0.154. The van der Waals surface area contributed by atoms with E-state index in [0.29, 0.717) is 5.69 Å². The molecule has 1 aromatic heterocycles. The lowest BCUT2D eigenvalue weighted by atomic mass is 10.1. The fourth-order valence-electron chi connectivity index (χ4n) is 4.04. The monoisotopic (exact) mass is 474 g/mol. The van der Waals surface area contributed by atoms with Gasteiger partial charge >= 0.3 is 0 Å². The number of carbonyl (C=O) groups excluding carboxylic acids is 1. The lowest BCUT2D eigenvalue weighted by Crippen LogP contribution is -2.39. The minimum atomic E-state index is -3.70. The number of carbonyl (C=O) groups is 1. The number of benzene rings is 3. The second-order valence-corrected chi connectivity index (χ2v) is 9.97. The Bertz CT molecular complexity index is 1470. The van der Waals surface area contributed by atoms with Gasteiger partial charge in [0.1, 0.15) is 6.54 Å². The molecule has 1 heterocycles. The van der Waals surface area contributed by atoms with Crippen molar-refractivity contribution in [3.05, 3.63) is 95.8 Å². The summed E-state index contributed by atoms with van der Waals surface area (Å²) in [7, 11) is -3.70. The van der Waals surface area contributed by atoms with Gasteiger partial charge in [-0.05, 0) is 43.5 Å². The molecule has 0 aliphatic heterocycles. The van der Waals surface area contributed by atoms with Gasteiger partial charge in [-0.3, -0.25) is 9.10 Å². The molecule has 0 aliphatic carbocycles. The highest BCUT2D eigenvalue weighted by Gasteiger charge is 2.22. The lowest BCUT2D eigenvalue weighted by Gasteiger charge is -2.23. The molecule has 4 aromatic rings. The maximum absolute atomic E-state index is 12.6. The van der Waals surface area contributed by atoms with E-state index in [1.54, 1.807) is 18.3 Å². The molecule has 0 saturated heterocycles. The van der Waals surface area contributed by atoms with E-state index in [1.165, 1.54) is 0 Å². The standard InChI is InChI=1S/C26H26N4O3S/c1-19-16-22(20(2)30(19)23-12-5-4-6-13-23)17-27-28-26(31)18-29(34(3,32)33)25-15-9-11-21-10-7-8-14-24(21)25/h4-17H,18H2,1-3H3,(H,28,31)/b27-17-. The number of amides is 1. The molecule has 0 bridgehead atoms. The zero-order valence-corrected chi connectivity index (χ0v) is 20.1. The van der Waals surface area contributed by atoms with Gasteiger partial charge in [-0.2, -0.15) is 5.10 Å². The van der Waals surface area contributed by atoms with Crippen molar-refractivity contribution in [3.8, 4) is 5.69 Å². The molecule has 0 radical (unpaired) electrons. The number of rotatable bonds is 7. The molecule has 0 fully saturated rings. The number of fused-ring (bicyclic) bond motifs is 1. The van der Waals surface area contributed by atoms with Gasteiger partial charge in [0.05, 0.1) is 18.2 Å². The molecule has 1 amide bonds. The summed E-state index contributed by atoms with van der Waals surface area (Å²) in [6, 6.07) is 24.8. The second-order valence-electron chi connectivity index (χ2n) is 8.06. The summed E-state index contributed by atoms with van der Waals surface area (Å²) < 4.78 is 28.3. The molecule has 1 N–H and O–H groups in total. The first kappa shape index (κ1) is 23.3. The van der Waals surface area contributed by atoms with Gasteiger partial charge in [0.25, 0.3) is 5.91 Å². The Morgan fingerprint density at radius 1 is 1.00 bits per heavy atom. The number of anilines is 1. The Hall–Kier alpha value is -3.91.